The van der Waals surface area contributed by atoms with Crippen molar-refractivity contribution in [3.63, 3.8) is 0 Å². The fourth-order valence-electron chi connectivity index (χ4n) is 4.84. The molecule has 2 fully saturated rings. The van der Waals surface area contributed by atoms with Crippen LogP contribution in [0.25, 0.3) is 0 Å². The number of fused-ring (bicyclic) bond motifs is 1. The van der Waals surface area contributed by atoms with Crippen LogP contribution in [0.4, 0.5) is 10.1 Å². The summed E-state index contributed by atoms with van der Waals surface area (Å²) in [4.78, 5) is 52.4. The van der Waals surface area contributed by atoms with Gasteiger partial charge in [-0.25, -0.2) is 9.18 Å². The van der Waals surface area contributed by atoms with Crippen molar-refractivity contribution in [2.24, 2.45) is 5.92 Å². The van der Waals surface area contributed by atoms with Crippen molar-refractivity contribution in [2.45, 2.75) is 36.7 Å². The molecule has 2 saturated heterocycles. The highest BCUT2D eigenvalue weighted by molar-refractivity contribution is 8.23. The van der Waals surface area contributed by atoms with Crippen LogP contribution in [-0.4, -0.2) is 68.8 Å². The fraction of sp³-hybridized carbons (Fsp3) is 0.370. The molecule has 0 saturated carbocycles. The fourth-order valence-corrected chi connectivity index (χ4v) is 8.18. The smallest absolute Gasteiger partial charge is 0.357 e. The van der Waals surface area contributed by atoms with E-state index in [4.69, 9.17) is 4.74 Å². The number of β-lactam (4-membered cyclic amide) rings is 1. The summed E-state index contributed by atoms with van der Waals surface area (Å²) in [5.74, 6) is -1.92. The van der Waals surface area contributed by atoms with E-state index in [9.17, 15) is 28.9 Å². The van der Waals surface area contributed by atoms with Crippen LogP contribution in [0.15, 0.2) is 64.5 Å². The summed E-state index contributed by atoms with van der Waals surface area (Å²) in [6.45, 7) is 2.88. The van der Waals surface area contributed by atoms with Crippen molar-refractivity contribution in [1.29, 1.82) is 0 Å². The lowest BCUT2D eigenvalue weighted by Gasteiger charge is -2.43. The number of Topliss-reactive ketones (excluding diaryl/α,β-unsaturated/α-hetero) is 1. The van der Waals surface area contributed by atoms with E-state index in [2.05, 4.69) is 4.90 Å². The van der Waals surface area contributed by atoms with Gasteiger partial charge in [-0.3, -0.25) is 29.5 Å². The molecular formula is C27H26FN3O6S2. The number of benzene rings is 2. The number of ether oxygens (including phenoxy) is 1. The average molecular weight is 572 g/mol. The Kier molecular flexibility index (Phi) is 8.06. The molecule has 0 N–H and O–H groups in total. The molecule has 1 amide bonds. The summed E-state index contributed by atoms with van der Waals surface area (Å²) >= 11 is 2.77. The van der Waals surface area contributed by atoms with E-state index in [-0.39, 0.29) is 29.0 Å². The number of carbonyl (C=O) groups is 3. The van der Waals surface area contributed by atoms with E-state index >= 15 is 0 Å². The summed E-state index contributed by atoms with van der Waals surface area (Å²) in [5, 5.41) is 10.5. The quantitative estimate of drug-likeness (QED) is 0.135. The lowest BCUT2D eigenvalue weighted by molar-refractivity contribution is -0.384. The van der Waals surface area contributed by atoms with Gasteiger partial charge in [-0.05, 0) is 37.6 Å². The van der Waals surface area contributed by atoms with Crippen molar-refractivity contribution in [1.82, 2.24) is 9.80 Å². The summed E-state index contributed by atoms with van der Waals surface area (Å²) in [5.41, 5.74) is 1.27. The molecule has 0 aliphatic carbocycles. The number of thioether (sulfide) groups is 2. The van der Waals surface area contributed by atoms with Gasteiger partial charge in [0.15, 0.2) is 11.5 Å². The zero-order chi connectivity index (χ0) is 27.7. The number of ketones is 1. The second-order valence-corrected chi connectivity index (χ2v) is 12.3. The van der Waals surface area contributed by atoms with Gasteiger partial charge in [0.1, 0.15) is 18.2 Å². The summed E-state index contributed by atoms with van der Waals surface area (Å²) < 4.78 is 20.3. The van der Waals surface area contributed by atoms with Crippen molar-refractivity contribution in [3.05, 3.63) is 85.8 Å². The molecule has 9 nitrogen and oxygen atoms in total. The first-order valence-corrected chi connectivity index (χ1v) is 14.2. The van der Waals surface area contributed by atoms with E-state index in [0.717, 1.165) is 13.0 Å². The Bertz CT molecular complexity index is 1320. The first kappa shape index (κ1) is 27.4. The van der Waals surface area contributed by atoms with E-state index in [1.807, 2.05) is 18.2 Å². The first-order valence-electron chi connectivity index (χ1n) is 12.5. The van der Waals surface area contributed by atoms with Gasteiger partial charge in [0.05, 0.1) is 21.6 Å². The molecule has 5 rings (SSSR count). The van der Waals surface area contributed by atoms with Crippen LogP contribution in [0.2, 0.25) is 0 Å². The number of nitro groups is 1. The minimum absolute atomic E-state index is 0.0424. The van der Waals surface area contributed by atoms with Gasteiger partial charge in [-0.15, -0.1) is 11.8 Å². The zero-order valence-corrected chi connectivity index (χ0v) is 22.7. The van der Waals surface area contributed by atoms with Crippen LogP contribution in [0.1, 0.15) is 29.3 Å². The van der Waals surface area contributed by atoms with Crippen LogP contribution in [0.3, 0.4) is 0 Å². The Morgan fingerprint density at radius 2 is 1.92 bits per heavy atom. The number of hydrogen-bond acceptors (Lipinski definition) is 9. The molecule has 204 valence electrons. The van der Waals surface area contributed by atoms with Crippen LogP contribution in [-0.2, 0) is 20.9 Å². The molecule has 0 aromatic heterocycles. The van der Waals surface area contributed by atoms with Crippen LogP contribution in [0, 0.1) is 16.0 Å². The second-order valence-electron chi connectivity index (χ2n) is 9.61. The largest absolute Gasteiger partial charge is 0.456 e. The van der Waals surface area contributed by atoms with Gasteiger partial charge >= 0.3 is 5.97 Å². The van der Waals surface area contributed by atoms with Gasteiger partial charge in [0.25, 0.3) is 5.69 Å². The van der Waals surface area contributed by atoms with Gasteiger partial charge in [0.2, 0.25) is 5.91 Å². The van der Waals surface area contributed by atoms with Crippen molar-refractivity contribution in [2.75, 3.05) is 19.6 Å². The minimum Gasteiger partial charge on any atom is -0.456 e. The molecular weight excluding hydrogens is 545 g/mol. The average Bonchev–Trinajstić information content (AvgIpc) is 3.49. The molecule has 2 aromatic carbocycles. The number of alkyl halides is 1. The maximum Gasteiger partial charge on any atom is 0.357 e. The third kappa shape index (κ3) is 5.73. The van der Waals surface area contributed by atoms with Crippen LogP contribution >= 0.6 is 23.5 Å². The van der Waals surface area contributed by atoms with Crippen LogP contribution < -0.4 is 0 Å². The SMILES string of the molecule is C[C@H](F)[C@H]1C(=O)N2C(C(=O)OCc3ccc([N+](=O)[O-])cc3)=C(S[C@H]3CCN(CC(=O)c4ccccc4)C3)S[C@H]12. The molecule has 3 heterocycles. The minimum atomic E-state index is -1.35. The van der Waals surface area contributed by atoms with Crippen molar-refractivity contribution >= 4 is 46.9 Å². The molecule has 3 aliphatic rings. The normalized spacial score (nSPS) is 23.4. The Morgan fingerprint density at radius 1 is 1.21 bits per heavy atom. The summed E-state index contributed by atoms with van der Waals surface area (Å²) in [6, 6.07) is 14.8. The van der Waals surface area contributed by atoms with E-state index < -0.39 is 34.3 Å². The molecule has 4 atom stereocenters. The number of nitrogens with zero attached hydrogens (tertiary/aromatic N) is 3. The molecule has 0 spiro atoms. The Balaban J connectivity index is 1.26. The number of halogens is 1. The van der Waals surface area contributed by atoms with Gasteiger partial charge in [-0.1, -0.05) is 42.1 Å². The highest BCUT2D eigenvalue weighted by Gasteiger charge is 2.58. The number of nitro benzene ring substituents is 1. The lowest BCUT2D eigenvalue weighted by atomic mass is 9.93. The molecule has 0 unspecified atom stereocenters. The highest BCUT2D eigenvalue weighted by atomic mass is 32.2. The van der Waals surface area contributed by atoms with E-state index in [1.54, 1.807) is 12.1 Å². The lowest BCUT2D eigenvalue weighted by Crippen LogP contribution is -2.60. The van der Waals surface area contributed by atoms with E-state index in [1.165, 1.54) is 59.6 Å². The van der Waals surface area contributed by atoms with Crippen molar-refractivity contribution in [3.8, 4) is 0 Å². The predicted octanol–water partition coefficient (Wildman–Crippen LogP) is 4.39. The Hall–Kier alpha value is -3.22. The predicted molar refractivity (Wildman–Crippen MR) is 145 cm³/mol. The number of esters is 1. The third-order valence-corrected chi connectivity index (χ3v) is 9.77. The zero-order valence-electron chi connectivity index (χ0n) is 21.0. The number of likely N-dealkylation sites (tertiary alicyclic amines) is 1. The molecule has 2 aromatic rings. The van der Waals surface area contributed by atoms with Gasteiger partial charge in [0, 0.05) is 29.5 Å². The molecule has 0 radical (unpaired) electrons. The van der Waals surface area contributed by atoms with Gasteiger partial charge in [-0.2, -0.15) is 0 Å². The summed E-state index contributed by atoms with van der Waals surface area (Å²) in [6.07, 6.45) is -0.553. The maximum atomic E-state index is 14.2. The molecule has 12 heteroatoms. The highest BCUT2D eigenvalue weighted by Crippen LogP contribution is 2.55. The monoisotopic (exact) mass is 571 g/mol. The van der Waals surface area contributed by atoms with Crippen LogP contribution in [0.5, 0.6) is 0 Å². The summed E-state index contributed by atoms with van der Waals surface area (Å²) in [7, 11) is 0. The molecule has 39 heavy (non-hydrogen) atoms. The number of non-ortho nitro benzene ring substituents is 1. The maximum absolute atomic E-state index is 14.2. The third-order valence-electron chi connectivity index (χ3n) is 6.92. The molecule has 3 aliphatic heterocycles. The number of rotatable bonds is 10. The Morgan fingerprint density at radius 3 is 2.59 bits per heavy atom. The standard InChI is InChI=1S/C27H26FN3O6S2/c1-16(28)22-24(33)30-23(26(34)37-15-17-7-9-19(10-8-17)31(35)36)27(39-25(22)30)38-20-11-12-29(13-20)14-21(32)18-5-3-2-4-6-18/h2-10,16,20,22,25H,11-15H2,1H3/t16-,20-,22-,25+/m0/s1. The van der Waals surface area contributed by atoms with E-state index in [0.29, 0.717) is 28.5 Å². The number of hydrogen-bond donors (Lipinski definition) is 0. The topological polar surface area (TPSA) is 110 Å². The Labute approximate surface area is 232 Å². The van der Waals surface area contributed by atoms with Gasteiger partial charge < -0.3 is 4.74 Å². The van der Waals surface area contributed by atoms with Crippen molar-refractivity contribution < 1.29 is 28.4 Å². The molecule has 0 bridgehead atoms. The second kappa shape index (κ2) is 11.5. The number of amides is 1. The number of carbonyl (C=O) groups excluding carboxylic acids is 3. The first-order chi connectivity index (χ1) is 18.7.